The average molecular weight is 355 g/mol. The lowest BCUT2D eigenvalue weighted by Crippen LogP contribution is -3.11. The van der Waals surface area contributed by atoms with Crippen LogP contribution in [0.3, 0.4) is 0 Å². The maximum atomic E-state index is 13.6. The Morgan fingerprint density at radius 2 is 1.85 bits per heavy atom. The molecule has 134 valence electrons. The van der Waals surface area contributed by atoms with Crippen molar-refractivity contribution in [3.8, 4) is 0 Å². The Balaban J connectivity index is 1.37. The van der Waals surface area contributed by atoms with Crippen molar-refractivity contribution in [1.82, 2.24) is 4.98 Å². The second kappa shape index (κ2) is 7.00. The molecule has 0 saturated heterocycles. The van der Waals surface area contributed by atoms with Crippen LogP contribution in [-0.4, -0.2) is 23.9 Å². The van der Waals surface area contributed by atoms with Gasteiger partial charge in [0.15, 0.2) is 5.78 Å². The van der Waals surface area contributed by atoms with Crippen molar-refractivity contribution in [2.45, 2.75) is 25.8 Å². The van der Waals surface area contributed by atoms with Gasteiger partial charge >= 0.3 is 0 Å². The number of rotatable bonds is 5. The molecule has 0 bridgehead atoms. The molecule has 0 saturated carbocycles. The predicted octanol–water partition coefficient (Wildman–Crippen LogP) is 3.05. The zero-order valence-corrected chi connectivity index (χ0v) is 14.4. The van der Waals surface area contributed by atoms with E-state index in [2.05, 4.69) is 4.98 Å². The minimum atomic E-state index is -0.328. The highest BCUT2D eigenvalue weighted by molar-refractivity contribution is 5.95. The molecule has 1 aromatic heterocycles. The number of aromatic nitrogens is 1. The molecular weight excluding hydrogens is 334 g/mol. The summed E-state index contributed by atoms with van der Waals surface area (Å²) in [6, 6.07) is 10.6. The van der Waals surface area contributed by atoms with Gasteiger partial charge in [0.1, 0.15) is 18.2 Å². The van der Waals surface area contributed by atoms with E-state index in [4.69, 9.17) is 0 Å². The molecule has 2 heterocycles. The van der Waals surface area contributed by atoms with Crippen molar-refractivity contribution in [3.05, 3.63) is 70.9 Å². The summed E-state index contributed by atoms with van der Waals surface area (Å²) >= 11 is 0. The topological polar surface area (TPSA) is 37.3 Å². The third-order valence-electron chi connectivity index (χ3n) is 5.21. The molecule has 2 N–H and O–H groups in total. The molecule has 1 atom stereocenters. The van der Waals surface area contributed by atoms with E-state index in [1.165, 1.54) is 46.5 Å². The van der Waals surface area contributed by atoms with Crippen LogP contribution in [0.1, 0.15) is 34.5 Å². The minimum absolute atomic E-state index is 0.0521. The number of ketones is 1. The minimum Gasteiger partial charge on any atom is -0.358 e. The third-order valence-corrected chi connectivity index (χ3v) is 5.21. The fourth-order valence-electron chi connectivity index (χ4n) is 3.82. The van der Waals surface area contributed by atoms with Crippen LogP contribution < -0.4 is 4.90 Å². The van der Waals surface area contributed by atoms with E-state index < -0.39 is 0 Å². The Hall–Kier alpha value is -2.53. The molecule has 5 heteroatoms. The summed E-state index contributed by atoms with van der Waals surface area (Å²) in [6.45, 7) is 2.75. The van der Waals surface area contributed by atoms with Gasteiger partial charge in [-0.3, -0.25) is 4.79 Å². The Kier molecular flexibility index (Phi) is 4.55. The monoisotopic (exact) mass is 355 g/mol. The van der Waals surface area contributed by atoms with Crippen LogP contribution in [0.5, 0.6) is 0 Å². The van der Waals surface area contributed by atoms with Crippen molar-refractivity contribution < 1.29 is 18.5 Å². The van der Waals surface area contributed by atoms with Crippen molar-refractivity contribution in [3.63, 3.8) is 0 Å². The van der Waals surface area contributed by atoms with Crippen molar-refractivity contribution in [2.75, 3.05) is 13.1 Å². The number of aromatic amines is 1. The molecule has 0 amide bonds. The van der Waals surface area contributed by atoms with E-state index in [0.29, 0.717) is 12.0 Å². The summed E-state index contributed by atoms with van der Waals surface area (Å²) in [5.41, 5.74) is 3.96. The number of hydrogen-bond donors (Lipinski definition) is 2. The molecule has 0 spiro atoms. The average Bonchev–Trinajstić information content (AvgIpc) is 2.99. The molecule has 3 aromatic rings. The van der Waals surface area contributed by atoms with Gasteiger partial charge in [-0.1, -0.05) is 0 Å². The number of halogens is 2. The maximum absolute atomic E-state index is 13.6. The van der Waals surface area contributed by atoms with E-state index in [9.17, 15) is 13.6 Å². The summed E-state index contributed by atoms with van der Waals surface area (Å²) in [6.07, 6.45) is 2.19. The summed E-state index contributed by atoms with van der Waals surface area (Å²) < 4.78 is 26.5. The second-order valence-corrected chi connectivity index (χ2v) is 6.98. The highest BCUT2D eigenvalue weighted by Gasteiger charge is 2.23. The maximum Gasteiger partial charge on any atom is 0.163 e. The number of carbonyl (C=O) groups excluding carboxylic acids is 1. The molecule has 3 nitrogen and oxygen atoms in total. The highest BCUT2D eigenvalue weighted by Crippen LogP contribution is 2.24. The summed E-state index contributed by atoms with van der Waals surface area (Å²) in [5, 5.41) is 0.972. The van der Waals surface area contributed by atoms with Gasteiger partial charge in [0, 0.05) is 47.0 Å². The largest absolute Gasteiger partial charge is 0.358 e. The van der Waals surface area contributed by atoms with Crippen molar-refractivity contribution >= 4 is 16.7 Å². The smallest absolute Gasteiger partial charge is 0.163 e. The lowest BCUT2D eigenvalue weighted by molar-refractivity contribution is -0.916. The molecule has 0 fully saturated rings. The number of H-pyrrole nitrogens is 1. The molecule has 4 rings (SSSR count). The zero-order chi connectivity index (χ0) is 18.1. The van der Waals surface area contributed by atoms with E-state index in [0.717, 1.165) is 43.4 Å². The third kappa shape index (κ3) is 3.40. The highest BCUT2D eigenvalue weighted by atomic mass is 19.1. The lowest BCUT2D eigenvalue weighted by atomic mass is 10.0. The Morgan fingerprint density at radius 1 is 1.08 bits per heavy atom. The Morgan fingerprint density at radius 3 is 2.65 bits per heavy atom. The van der Waals surface area contributed by atoms with E-state index in [-0.39, 0.29) is 17.4 Å². The number of hydrogen-bond acceptors (Lipinski definition) is 1. The first kappa shape index (κ1) is 16.9. The molecule has 26 heavy (non-hydrogen) atoms. The first-order valence-electron chi connectivity index (χ1n) is 9.01. The SMILES string of the molecule is O=C(CCC[NH+]1CCc2[nH]c3ccc(F)cc3c2C1)c1ccc(F)cc1. The lowest BCUT2D eigenvalue weighted by Gasteiger charge is -2.24. The van der Waals surface area contributed by atoms with Crippen LogP contribution >= 0.6 is 0 Å². The number of nitrogens with one attached hydrogen (secondary N) is 2. The zero-order valence-electron chi connectivity index (χ0n) is 14.4. The fourth-order valence-corrected chi connectivity index (χ4v) is 3.82. The first-order chi connectivity index (χ1) is 12.6. The summed E-state index contributed by atoms with van der Waals surface area (Å²) in [5.74, 6) is -0.488. The molecule has 1 aliphatic rings. The molecule has 1 unspecified atom stereocenters. The number of Topliss-reactive ketones (excluding diaryl/α,β-unsaturated/α-hetero) is 1. The van der Waals surface area contributed by atoms with Crippen LogP contribution in [-0.2, 0) is 13.0 Å². The van der Waals surface area contributed by atoms with Gasteiger partial charge in [-0.2, -0.15) is 0 Å². The van der Waals surface area contributed by atoms with Crippen molar-refractivity contribution in [1.29, 1.82) is 0 Å². The fraction of sp³-hybridized carbons (Fsp3) is 0.286. The number of quaternary nitrogens is 1. The molecule has 0 aliphatic carbocycles. The molecule has 2 aromatic carbocycles. The predicted molar refractivity (Wildman–Crippen MR) is 96.3 cm³/mol. The van der Waals surface area contributed by atoms with Gasteiger partial charge in [-0.25, -0.2) is 8.78 Å². The van der Waals surface area contributed by atoms with E-state index in [1.807, 2.05) is 0 Å². The van der Waals surface area contributed by atoms with Gasteiger partial charge in [-0.05, 0) is 42.5 Å². The van der Waals surface area contributed by atoms with Gasteiger partial charge < -0.3 is 9.88 Å². The van der Waals surface area contributed by atoms with Gasteiger partial charge in [0.25, 0.3) is 0 Å². The standard InChI is InChI=1S/C21H20F2N2O/c22-15-5-3-14(4-6-15)21(26)2-1-10-25-11-9-20-18(13-25)17-12-16(23)7-8-19(17)24-20/h3-8,12,24H,1-2,9-11,13H2/p+1. The van der Waals surface area contributed by atoms with Crippen LogP contribution in [0.25, 0.3) is 10.9 Å². The molecule has 0 radical (unpaired) electrons. The molecule has 1 aliphatic heterocycles. The van der Waals surface area contributed by atoms with Crippen LogP contribution in [0, 0.1) is 11.6 Å². The molecular formula is C21H21F2N2O+. The van der Waals surface area contributed by atoms with E-state index in [1.54, 1.807) is 12.1 Å². The number of fused-ring (bicyclic) bond motifs is 3. The quantitative estimate of drug-likeness (QED) is 0.678. The Bertz CT molecular complexity index is 947. The summed E-state index contributed by atoms with van der Waals surface area (Å²) in [7, 11) is 0. The Labute approximate surface area is 150 Å². The van der Waals surface area contributed by atoms with Gasteiger partial charge in [0.2, 0.25) is 0 Å². The normalized spacial score (nSPS) is 16.6. The number of benzene rings is 2. The van der Waals surface area contributed by atoms with Crippen molar-refractivity contribution in [2.24, 2.45) is 0 Å². The first-order valence-corrected chi connectivity index (χ1v) is 9.01. The van der Waals surface area contributed by atoms with Crippen LogP contribution in [0.2, 0.25) is 0 Å². The van der Waals surface area contributed by atoms with E-state index >= 15 is 0 Å². The van der Waals surface area contributed by atoms with Gasteiger partial charge in [-0.15, -0.1) is 0 Å². The second-order valence-electron chi connectivity index (χ2n) is 6.98. The summed E-state index contributed by atoms with van der Waals surface area (Å²) in [4.78, 5) is 17.0. The number of carbonyl (C=O) groups is 1. The van der Waals surface area contributed by atoms with Crippen LogP contribution in [0.4, 0.5) is 8.78 Å². The van der Waals surface area contributed by atoms with Gasteiger partial charge in [0.05, 0.1) is 13.1 Å². The van der Waals surface area contributed by atoms with Crippen LogP contribution in [0.15, 0.2) is 42.5 Å².